The van der Waals surface area contributed by atoms with Gasteiger partial charge in [0.05, 0.1) is 19.6 Å². The molecule has 0 aliphatic carbocycles. The topological polar surface area (TPSA) is 67.2 Å². The Labute approximate surface area is 58.4 Å². The number of rotatable bonds is 3. The highest BCUT2D eigenvalue weighted by atomic mass is 16.5. The van der Waals surface area contributed by atoms with Crippen molar-refractivity contribution >= 4 is 11.8 Å². The molecule has 4 nitrogen and oxygen atoms in total. The molecule has 0 fully saturated rings. The molecular formula is C6H7NO3. The van der Waals surface area contributed by atoms with Crippen molar-refractivity contribution in [1.82, 2.24) is 0 Å². The third kappa shape index (κ3) is 3.61. The van der Waals surface area contributed by atoms with Gasteiger partial charge in [0.15, 0.2) is 5.78 Å². The zero-order valence-electron chi connectivity index (χ0n) is 5.59. The molecule has 0 atom stereocenters. The van der Waals surface area contributed by atoms with Crippen LogP contribution in [-0.2, 0) is 14.3 Å². The molecule has 0 radical (unpaired) electrons. The molecule has 0 saturated heterocycles. The van der Waals surface area contributed by atoms with Crippen molar-refractivity contribution in [3.63, 3.8) is 0 Å². The summed E-state index contributed by atoms with van der Waals surface area (Å²) in [7, 11) is 1.20. The molecule has 0 bridgehead atoms. The van der Waals surface area contributed by atoms with Gasteiger partial charge in [-0.05, 0) is 0 Å². The second-order valence-corrected chi connectivity index (χ2v) is 1.63. The van der Waals surface area contributed by atoms with E-state index < -0.39 is 11.8 Å². The number of nitrogens with zero attached hydrogens (tertiary/aromatic N) is 1. The maximum absolute atomic E-state index is 10.5. The molecule has 54 valence electrons. The third-order valence-electron chi connectivity index (χ3n) is 0.845. The number of esters is 1. The van der Waals surface area contributed by atoms with Gasteiger partial charge in [-0.2, -0.15) is 5.26 Å². The van der Waals surface area contributed by atoms with Crippen LogP contribution in [0.1, 0.15) is 12.8 Å². The number of ketones is 1. The fraction of sp³-hybridized carbons (Fsp3) is 0.500. The van der Waals surface area contributed by atoms with E-state index in [1.165, 1.54) is 7.11 Å². The van der Waals surface area contributed by atoms with Gasteiger partial charge >= 0.3 is 5.97 Å². The van der Waals surface area contributed by atoms with Crippen LogP contribution in [0.25, 0.3) is 0 Å². The second-order valence-electron chi connectivity index (χ2n) is 1.63. The number of hydrogen-bond donors (Lipinski definition) is 0. The van der Waals surface area contributed by atoms with Crippen molar-refractivity contribution in [3.05, 3.63) is 0 Å². The summed E-state index contributed by atoms with van der Waals surface area (Å²) in [5, 5.41) is 8.00. The van der Waals surface area contributed by atoms with Crippen LogP contribution >= 0.6 is 0 Å². The van der Waals surface area contributed by atoms with Crippen LogP contribution in [0.15, 0.2) is 0 Å². The first-order valence-corrected chi connectivity index (χ1v) is 2.66. The Kier molecular flexibility index (Phi) is 3.89. The first-order valence-electron chi connectivity index (χ1n) is 2.66. The molecule has 4 heteroatoms. The number of ether oxygens (including phenoxy) is 1. The molecular weight excluding hydrogens is 134 g/mol. The molecule has 0 amide bonds. The Morgan fingerprint density at radius 3 is 2.60 bits per heavy atom. The summed E-state index contributed by atoms with van der Waals surface area (Å²) in [5.41, 5.74) is 0. The lowest BCUT2D eigenvalue weighted by atomic mass is 10.2. The number of carbonyl (C=O) groups is 2. The minimum absolute atomic E-state index is 0.227. The Bertz CT molecular complexity index is 180. The number of carbonyl (C=O) groups excluding carboxylic acids is 2. The normalized spacial score (nSPS) is 8.00. The van der Waals surface area contributed by atoms with E-state index in [0.29, 0.717) is 0 Å². The minimum Gasteiger partial charge on any atom is -0.469 e. The van der Waals surface area contributed by atoms with Gasteiger partial charge in [0.1, 0.15) is 6.42 Å². The van der Waals surface area contributed by atoms with Crippen molar-refractivity contribution in [1.29, 1.82) is 5.26 Å². The molecule has 10 heavy (non-hydrogen) atoms. The maximum atomic E-state index is 10.5. The summed E-state index contributed by atoms with van der Waals surface area (Å²) < 4.78 is 4.20. The van der Waals surface area contributed by atoms with Crippen LogP contribution in [0.5, 0.6) is 0 Å². The average Bonchev–Trinajstić information content (AvgIpc) is 1.88. The highest BCUT2D eigenvalue weighted by Gasteiger charge is 2.07. The van der Waals surface area contributed by atoms with Gasteiger partial charge in [-0.3, -0.25) is 9.59 Å². The highest BCUT2D eigenvalue weighted by Crippen LogP contribution is 1.89. The predicted octanol–water partition coefficient (Wildman–Crippen LogP) is 0.0323. The molecule has 0 aliphatic heterocycles. The molecule has 0 aliphatic rings. The molecule has 0 unspecified atom stereocenters. The van der Waals surface area contributed by atoms with Crippen LogP contribution in [0.3, 0.4) is 0 Å². The summed E-state index contributed by atoms with van der Waals surface area (Å²) in [6.45, 7) is 0. The van der Waals surface area contributed by atoms with Gasteiger partial charge in [0.2, 0.25) is 0 Å². The van der Waals surface area contributed by atoms with E-state index in [1.807, 2.05) is 0 Å². The van der Waals surface area contributed by atoms with Crippen LogP contribution in [0, 0.1) is 11.3 Å². The smallest absolute Gasteiger partial charge is 0.313 e. The zero-order valence-corrected chi connectivity index (χ0v) is 5.59. The molecule has 0 aromatic rings. The van der Waals surface area contributed by atoms with E-state index in [2.05, 4.69) is 4.74 Å². The number of nitriles is 1. The Morgan fingerprint density at radius 2 is 2.20 bits per heavy atom. The summed E-state index contributed by atoms with van der Waals surface area (Å²) in [6.07, 6.45) is -0.529. The Morgan fingerprint density at radius 1 is 1.60 bits per heavy atom. The van der Waals surface area contributed by atoms with E-state index in [0.717, 1.165) is 0 Å². The summed E-state index contributed by atoms with van der Waals surface area (Å²) >= 11 is 0. The van der Waals surface area contributed by atoms with E-state index in [-0.39, 0.29) is 12.8 Å². The van der Waals surface area contributed by atoms with Gasteiger partial charge in [-0.1, -0.05) is 0 Å². The first kappa shape index (κ1) is 8.63. The number of hydrogen-bond acceptors (Lipinski definition) is 4. The van der Waals surface area contributed by atoms with Gasteiger partial charge < -0.3 is 4.74 Å². The largest absolute Gasteiger partial charge is 0.469 e. The predicted molar refractivity (Wildman–Crippen MR) is 31.9 cm³/mol. The summed E-state index contributed by atoms with van der Waals surface area (Å²) in [4.78, 5) is 20.8. The van der Waals surface area contributed by atoms with E-state index >= 15 is 0 Å². The average molecular weight is 141 g/mol. The van der Waals surface area contributed by atoms with Gasteiger partial charge in [0, 0.05) is 0 Å². The highest BCUT2D eigenvalue weighted by molar-refractivity contribution is 5.96. The summed E-state index contributed by atoms with van der Waals surface area (Å²) in [6, 6.07) is 1.64. The van der Waals surface area contributed by atoms with Crippen LogP contribution in [-0.4, -0.2) is 18.9 Å². The Balaban J connectivity index is 3.60. The fourth-order valence-corrected chi connectivity index (χ4v) is 0.384. The van der Waals surface area contributed by atoms with E-state index in [1.54, 1.807) is 6.07 Å². The lowest BCUT2D eigenvalue weighted by Gasteiger charge is -1.92. The number of methoxy groups -OCH3 is 1. The van der Waals surface area contributed by atoms with E-state index in [4.69, 9.17) is 5.26 Å². The van der Waals surface area contributed by atoms with Crippen LogP contribution in [0.2, 0.25) is 0 Å². The van der Waals surface area contributed by atoms with Crippen molar-refractivity contribution in [3.8, 4) is 6.07 Å². The Hall–Kier alpha value is -1.37. The van der Waals surface area contributed by atoms with Crippen molar-refractivity contribution in [2.75, 3.05) is 7.11 Å². The lowest BCUT2D eigenvalue weighted by Crippen LogP contribution is -2.07. The van der Waals surface area contributed by atoms with Gasteiger partial charge in [-0.15, -0.1) is 0 Å². The zero-order chi connectivity index (χ0) is 7.98. The monoisotopic (exact) mass is 141 g/mol. The standard InChI is InChI=1S/C6H7NO3/c1-10-6(9)4-5(8)2-3-7/h2,4H2,1H3. The van der Waals surface area contributed by atoms with Gasteiger partial charge in [0.25, 0.3) is 0 Å². The van der Waals surface area contributed by atoms with Crippen molar-refractivity contribution in [2.24, 2.45) is 0 Å². The molecule has 0 spiro atoms. The number of Topliss-reactive ketones (excluding diaryl/α,β-unsaturated/α-hetero) is 1. The fourth-order valence-electron chi connectivity index (χ4n) is 0.384. The minimum atomic E-state index is -0.597. The third-order valence-corrected chi connectivity index (χ3v) is 0.845. The molecule has 0 rings (SSSR count). The van der Waals surface area contributed by atoms with Crippen molar-refractivity contribution in [2.45, 2.75) is 12.8 Å². The SMILES string of the molecule is COC(=O)CC(=O)CC#N. The molecule has 0 aromatic heterocycles. The van der Waals surface area contributed by atoms with Crippen LogP contribution < -0.4 is 0 Å². The van der Waals surface area contributed by atoms with Gasteiger partial charge in [-0.25, -0.2) is 0 Å². The quantitative estimate of drug-likeness (QED) is 0.411. The molecule has 0 aromatic carbocycles. The molecule has 0 N–H and O–H groups in total. The van der Waals surface area contributed by atoms with Crippen LogP contribution in [0.4, 0.5) is 0 Å². The maximum Gasteiger partial charge on any atom is 0.313 e. The first-order chi connectivity index (χ1) is 4.70. The molecule has 0 heterocycles. The van der Waals surface area contributed by atoms with Crippen molar-refractivity contribution < 1.29 is 14.3 Å². The molecule has 0 saturated carbocycles. The lowest BCUT2D eigenvalue weighted by molar-refractivity contribution is -0.143. The summed E-state index contributed by atoms with van der Waals surface area (Å²) in [5.74, 6) is -1.00. The van der Waals surface area contributed by atoms with E-state index in [9.17, 15) is 9.59 Å². The second kappa shape index (κ2) is 4.50.